The maximum atomic E-state index is 4.19. The molecule has 0 aliphatic carbocycles. The van der Waals surface area contributed by atoms with Gasteiger partial charge < -0.3 is 0 Å². The minimum atomic E-state index is 0.577. The van der Waals surface area contributed by atoms with Gasteiger partial charge >= 0.3 is 0 Å². The van der Waals surface area contributed by atoms with E-state index < -0.39 is 0 Å². The Morgan fingerprint density at radius 1 is 1.00 bits per heavy atom. The molecule has 0 radical (unpaired) electrons. The van der Waals surface area contributed by atoms with E-state index >= 15 is 0 Å². The van der Waals surface area contributed by atoms with Crippen molar-refractivity contribution in [2.75, 3.05) is 0 Å². The van der Waals surface area contributed by atoms with Crippen molar-refractivity contribution in [3.05, 3.63) is 59.7 Å². The molecule has 0 spiro atoms. The number of hydrogen-bond acceptors (Lipinski definition) is 2. The van der Waals surface area contributed by atoms with Gasteiger partial charge in [0.1, 0.15) is 0 Å². The highest BCUT2D eigenvalue weighted by molar-refractivity contribution is 5.67. The van der Waals surface area contributed by atoms with E-state index in [0.717, 1.165) is 5.69 Å². The zero-order valence-corrected chi connectivity index (χ0v) is 10.2. The maximum Gasteiger partial charge on any atom is 0.0813 e. The van der Waals surface area contributed by atoms with Crippen molar-refractivity contribution in [3.63, 3.8) is 0 Å². The van der Waals surface area contributed by atoms with Crippen molar-refractivity contribution in [3.8, 4) is 0 Å². The first-order chi connectivity index (χ1) is 8.25. The zero-order chi connectivity index (χ0) is 12.1. The first-order valence-corrected chi connectivity index (χ1v) is 5.80. The summed E-state index contributed by atoms with van der Waals surface area (Å²) in [6.45, 7) is 4.40. The topological polar surface area (TPSA) is 25.8 Å². The lowest BCUT2D eigenvalue weighted by Gasteiger charge is -2.04. The molecule has 0 bridgehead atoms. The van der Waals surface area contributed by atoms with Crippen LogP contribution >= 0.6 is 0 Å². The molecule has 2 rings (SSSR count). The summed E-state index contributed by atoms with van der Waals surface area (Å²) < 4.78 is 0. The van der Waals surface area contributed by atoms with Gasteiger partial charge in [-0.1, -0.05) is 44.2 Å². The lowest BCUT2D eigenvalue weighted by Crippen LogP contribution is -1.86. The third-order valence-electron chi connectivity index (χ3n) is 2.63. The first-order valence-electron chi connectivity index (χ1n) is 5.80. The van der Waals surface area contributed by atoms with Crippen LogP contribution in [-0.4, -0.2) is 9.97 Å². The van der Waals surface area contributed by atoms with Gasteiger partial charge in [-0.3, -0.25) is 9.97 Å². The molecule has 0 saturated carbocycles. The van der Waals surface area contributed by atoms with Gasteiger partial charge in [0.15, 0.2) is 0 Å². The predicted molar refractivity (Wildman–Crippen MR) is 71.5 cm³/mol. The Kier molecular flexibility index (Phi) is 3.66. The maximum absolute atomic E-state index is 4.19. The summed E-state index contributed by atoms with van der Waals surface area (Å²) in [5.74, 6) is 0.577. The van der Waals surface area contributed by atoms with Gasteiger partial charge in [0.25, 0.3) is 0 Å². The Hall–Kier alpha value is -1.96. The van der Waals surface area contributed by atoms with Gasteiger partial charge in [0, 0.05) is 12.4 Å². The van der Waals surface area contributed by atoms with E-state index in [1.165, 1.54) is 11.1 Å². The Morgan fingerprint density at radius 2 is 1.76 bits per heavy atom. The molecule has 0 N–H and O–H groups in total. The van der Waals surface area contributed by atoms with Crippen LogP contribution in [0.25, 0.3) is 12.2 Å². The van der Waals surface area contributed by atoms with Gasteiger partial charge in [-0.25, -0.2) is 0 Å². The van der Waals surface area contributed by atoms with Gasteiger partial charge in [-0.05, 0) is 23.1 Å². The highest BCUT2D eigenvalue weighted by Crippen LogP contribution is 2.15. The monoisotopic (exact) mass is 224 g/mol. The van der Waals surface area contributed by atoms with Gasteiger partial charge in [-0.15, -0.1) is 0 Å². The number of nitrogens with zero attached hydrogens (tertiary/aromatic N) is 2. The van der Waals surface area contributed by atoms with E-state index in [4.69, 9.17) is 0 Å². The van der Waals surface area contributed by atoms with Gasteiger partial charge in [0.2, 0.25) is 0 Å². The molecule has 17 heavy (non-hydrogen) atoms. The van der Waals surface area contributed by atoms with Crippen LogP contribution in [0.15, 0.2) is 42.9 Å². The minimum Gasteiger partial charge on any atom is -0.261 e. The molecule has 1 heterocycles. The smallest absolute Gasteiger partial charge is 0.0813 e. The molecule has 0 aliphatic rings. The summed E-state index contributed by atoms with van der Waals surface area (Å²) in [6.07, 6.45) is 9.14. The fourth-order valence-electron chi connectivity index (χ4n) is 1.57. The molecule has 2 heteroatoms. The van der Waals surface area contributed by atoms with Crippen molar-refractivity contribution in [2.24, 2.45) is 0 Å². The van der Waals surface area contributed by atoms with Crippen LogP contribution in [0.4, 0.5) is 0 Å². The van der Waals surface area contributed by atoms with Crippen LogP contribution in [0.5, 0.6) is 0 Å². The van der Waals surface area contributed by atoms with Crippen molar-refractivity contribution in [2.45, 2.75) is 19.8 Å². The second-order valence-corrected chi connectivity index (χ2v) is 4.28. The summed E-state index contributed by atoms with van der Waals surface area (Å²) in [5, 5.41) is 0. The normalized spacial score (nSPS) is 11.2. The average Bonchev–Trinajstić information content (AvgIpc) is 2.38. The second-order valence-electron chi connectivity index (χ2n) is 4.28. The molecule has 0 amide bonds. The van der Waals surface area contributed by atoms with E-state index in [0.29, 0.717) is 5.92 Å². The van der Waals surface area contributed by atoms with Gasteiger partial charge in [-0.2, -0.15) is 0 Å². The fraction of sp³-hybridized carbons (Fsp3) is 0.200. The van der Waals surface area contributed by atoms with Crippen molar-refractivity contribution >= 4 is 12.2 Å². The number of rotatable bonds is 3. The van der Waals surface area contributed by atoms with Crippen molar-refractivity contribution < 1.29 is 0 Å². The number of aromatic nitrogens is 2. The molecule has 0 atom stereocenters. The minimum absolute atomic E-state index is 0.577. The van der Waals surface area contributed by atoms with Crippen LogP contribution in [0.3, 0.4) is 0 Å². The zero-order valence-electron chi connectivity index (χ0n) is 10.2. The molecule has 0 unspecified atom stereocenters. The SMILES string of the molecule is CC(C)c1ccc(C=Cc2cnccn2)cc1. The predicted octanol–water partition coefficient (Wildman–Crippen LogP) is 3.77. The summed E-state index contributed by atoms with van der Waals surface area (Å²) in [4.78, 5) is 8.21. The van der Waals surface area contributed by atoms with Crippen molar-refractivity contribution in [1.82, 2.24) is 9.97 Å². The molecule has 2 nitrogen and oxygen atoms in total. The van der Waals surface area contributed by atoms with E-state index in [1.807, 2.05) is 12.2 Å². The number of hydrogen-bond donors (Lipinski definition) is 0. The Balaban J connectivity index is 2.12. The summed E-state index contributed by atoms with van der Waals surface area (Å²) in [5.41, 5.74) is 3.42. The summed E-state index contributed by atoms with van der Waals surface area (Å²) in [6, 6.07) is 8.59. The first kappa shape index (κ1) is 11.5. The molecule has 1 aromatic heterocycles. The number of benzene rings is 1. The molecular weight excluding hydrogens is 208 g/mol. The fourth-order valence-corrected chi connectivity index (χ4v) is 1.57. The van der Waals surface area contributed by atoms with Gasteiger partial charge in [0.05, 0.1) is 11.9 Å². The van der Waals surface area contributed by atoms with E-state index in [-0.39, 0.29) is 0 Å². The molecular formula is C15H16N2. The molecule has 2 aromatic rings. The largest absolute Gasteiger partial charge is 0.261 e. The summed E-state index contributed by atoms with van der Waals surface area (Å²) in [7, 11) is 0. The quantitative estimate of drug-likeness (QED) is 0.793. The third kappa shape index (κ3) is 3.25. The standard InChI is InChI=1S/C15H16N2/c1-12(2)14-6-3-13(4-7-14)5-8-15-11-16-9-10-17-15/h3-12H,1-2H3. The average molecular weight is 224 g/mol. The Labute approximate surface area is 102 Å². The Bertz CT molecular complexity index is 484. The van der Waals surface area contributed by atoms with E-state index in [9.17, 15) is 0 Å². The molecule has 1 aromatic carbocycles. The van der Waals surface area contributed by atoms with E-state index in [1.54, 1.807) is 18.6 Å². The summed E-state index contributed by atoms with van der Waals surface area (Å²) >= 11 is 0. The lowest BCUT2D eigenvalue weighted by atomic mass is 10.0. The lowest BCUT2D eigenvalue weighted by molar-refractivity contribution is 0.866. The van der Waals surface area contributed by atoms with Crippen molar-refractivity contribution in [1.29, 1.82) is 0 Å². The highest BCUT2D eigenvalue weighted by Gasteiger charge is 1.97. The van der Waals surface area contributed by atoms with E-state index in [2.05, 4.69) is 48.1 Å². The van der Waals surface area contributed by atoms with Crippen LogP contribution in [0.1, 0.15) is 36.6 Å². The molecule has 0 fully saturated rings. The highest BCUT2D eigenvalue weighted by atomic mass is 14.7. The molecule has 86 valence electrons. The Morgan fingerprint density at radius 3 is 2.35 bits per heavy atom. The molecule has 0 aliphatic heterocycles. The molecule has 0 saturated heterocycles. The van der Waals surface area contributed by atoms with Crippen LogP contribution in [0.2, 0.25) is 0 Å². The second kappa shape index (κ2) is 5.39. The van der Waals surface area contributed by atoms with Crippen LogP contribution in [0, 0.1) is 0 Å². The van der Waals surface area contributed by atoms with Crippen LogP contribution < -0.4 is 0 Å². The van der Waals surface area contributed by atoms with Crippen LogP contribution in [-0.2, 0) is 0 Å². The third-order valence-corrected chi connectivity index (χ3v) is 2.63.